The number of aromatic nitrogens is 2. The molecule has 0 aliphatic carbocycles. The van der Waals surface area contributed by atoms with Gasteiger partial charge in [-0.2, -0.15) is 13.2 Å². The molecule has 5 rings (SSSR count). The van der Waals surface area contributed by atoms with Gasteiger partial charge >= 0.3 is 6.18 Å². The number of hydrogen-bond donors (Lipinski definition) is 3. The van der Waals surface area contributed by atoms with Crippen LogP contribution in [0.25, 0.3) is 21.2 Å². The number of benzene rings is 2. The van der Waals surface area contributed by atoms with Crippen LogP contribution < -0.4 is 21.3 Å². The third kappa shape index (κ3) is 5.40. The van der Waals surface area contributed by atoms with Crippen molar-refractivity contribution in [2.45, 2.75) is 18.9 Å². The van der Waals surface area contributed by atoms with E-state index in [9.17, 15) is 13.2 Å². The third-order valence-corrected chi connectivity index (χ3v) is 7.49. The zero-order valence-electron chi connectivity index (χ0n) is 20.2. The maximum atomic E-state index is 13.7. The van der Waals surface area contributed by atoms with E-state index in [1.165, 1.54) is 17.4 Å². The van der Waals surface area contributed by atoms with Gasteiger partial charge in [-0.3, -0.25) is 0 Å². The van der Waals surface area contributed by atoms with E-state index < -0.39 is 18.0 Å². The Hall–Kier alpha value is -3.25. The van der Waals surface area contributed by atoms with Crippen LogP contribution in [0.2, 0.25) is 0 Å². The van der Waals surface area contributed by atoms with E-state index in [2.05, 4.69) is 37.9 Å². The van der Waals surface area contributed by atoms with Crippen LogP contribution in [-0.2, 0) is 17.5 Å². The number of halogens is 3. The van der Waals surface area contributed by atoms with Crippen molar-refractivity contribution in [3.05, 3.63) is 70.7 Å². The summed E-state index contributed by atoms with van der Waals surface area (Å²) in [6, 6.07) is 16.9. The molecule has 0 saturated carbocycles. The molecule has 1 saturated heterocycles. The predicted molar refractivity (Wildman–Crippen MR) is 141 cm³/mol. The molecule has 0 amide bonds. The maximum absolute atomic E-state index is 13.7. The first-order valence-electron chi connectivity index (χ1n) is 11.9. The Bertz CT molecular complexity index is 1390. The van der Waals surface area contributed by atoms with Gasteiger partial charge in [0.05, 0.1) is 13.2 Å². The lowest BCUT2D eigenvalue weighted by molar-refractivity contribution is -0.140. The summed E-state index contributed by atoms with van der Waals surface area (Å²) in [5.41, 5.74) is 8.53. The molecule has 194 valence electrons. The molecule has 0 spiro atoms. The van der Waals surface area contributed by atoms with E-state index in [-0.39, 0.29) is 11.2 Å². The Kier molecular flexibility index (Phi) is 7.29. The van der Waals surface area contributed by atoms with E-state index in [1.807, 2.05) is 31.3 Å². The maximum Gasteiger partial charge on any atom is 0.435 e. The van der Waals surface area contributed by atoms with E-state index in [4.69, 9.17) is 10.5 Å². The quantitative estimate of drug-likeness (QED) is 0.291. The smallest absolute Gasteiger partial charge is 0.378 e. The minimum absolute atomic E-state index is 0.0259. The van der Waals surface area contributed by atoms with E-state index in [0.717, 1.165) is 33.1 Å². The molecule has 4 N–H and O–H groups in total. The fourth-order valence-corrected chi connectivity index (χ4v) is 5.49. The molecule has 0 bridgehead atoms. The molecule has 0 unspecified atom stereocenters. The van der Waals surface area contributed by atoms with Crippen molar-refractivity contribution in [2.24, 2.45) is 5.73 Å². The van der Waals surface area contributed by atoms with Crippen LogP contribution in [0.4, 0.5) is 24.7 Å². The zero-order valence-corrected chi connectivity index (χ0v) is 21.0. The van der Waals surface area contributed by atoms with Crippen molar-refractivity contribution in [3.8, 4) is 10.4 Å². The molecule has 1 fully saturated rings. The largest absolute Gasteiger partial charge is 0.435 e. The zero-order chi connectivity index (χ0) is 26.0. The van der Waals surface area contributed by atoms with E-state index in [1.54, 1.807) is 12.1 Å². The van der Waals surface area contributed by atoms with Gasteiger partial charge in [-0.05, 0) is 48.5 Å². The third-order valence-electron chi connectivity index (χ3n) is 6.28. The first kappa shape index (κ1) is 25.4. The normalized spacial score (nSPS) is 15.2. The Labute approximate surface area is 216 Å². The summed E-state index contributed by atoms with van der Waals surface area (Å²) in [5.74, 6) is 0.205. The number of morpholine rings is 1. The molecule has 11 heteroatoms. The number of anilines is 2. The van der Waals surface area contributed by atoms with Crippen molar-refractivity contribution in [1.82, 2.24) is 15.5 Å². The van der Waals surface area contributed by atoms with Gasteiger partial charge in [0.25, 0.3) is 0 Å². The highest BCUT2D eigenvalue weighted by Crippen LogP contribution is 2.38. The highest BCUT2D eigenvalue weighted by molar-refractivity contribution is 7.15. The van der Waals surface area contributed by atoms with Gasteiger partial charge in [-0.1, -0.05) is 24.3 Å². The Morgan fingerprint density at radius 2 is 1.84 bits per heavy atom. The van der Waals surface area contributed by atoms with Crippen molar-refractivity contribution in [3.63, 3.8) is 0 Å². The molecule has 3 heterocycles. The SMILES string of the molecule is CNCc1ccccc1-c1ccc([C@@H](N)Nc2nnc(C(F)(F)F)c3ccc(N4CCOCC4)cc23)s1. The molecular weight excluding hydrogens is 501 g/mol. The van der Waals surface area contributed by atoms with Crippen molar-refractivity contribution < 1.29 is 17.9 Å². The number of nitrogens with one attached hydrogen (secondary N) is 2. The van der Waals surface area contributed by atoms with Gasteiger partial charge in [-0.15, -0.1) is 21.5 Å². The standard InChI is InChI=1S/C26H27F3N6OS/c1-31-15-16-4-2-3-5-18(16)21-8-9-22(37-21)24(30)32-25-20-14-17(35-10-12-36-13-11-35)6-7-19(20)23(33-34-25)26(27,28)29/h2-9,14,24,31H,10-13,15,30H2,1H3,(H,32,34)/t24-/m0/s1. The number of nitrogens with two attached hydrogens (primary N) is 1. The van der Waals surface area contributed by atoms with Gasteiger partial charge in [0.1, 0.15) is 6.17 Å². The molecular formula is C26H27F3N6OS. The summed E-state index contributed by atoms with van der Waals surface area (Å²) in [6.07, 6.45) is -5.31. The predicted octanol–water partition coefficient (Wildman–Crippen LogP) is 5.00. The van der Waals surface area contributed by atoms with E-state index in [0.29, 0.717) is 31.7 Å². The van der Waals surface area contributed by atoms with Gasteiger partial charge < -0.3 is 26.0 Å². The van der Waals surface area contributed by atoms with Gasteiger partial charge in [0.15, 0.2) is 11.5 Å². The number of fused-ring (bicyclic) bond motifs is 1. The second-order valence-electron chi connectivity index (χ2n) is 8.74. The van der Waals surface area contributed by atoms with Crippen molar-refractivity contribution in [1.29, 1.82) is 0 Å². The van der Waals surface area contributed by atoms with Gasteiger partial charge in [0.2, 0.25) is 0 Å². The second kappa shape index (κ2) is 10.6. The van der Waals surface area contributed by atoms with Crippen LogP contribution in [-0.4, -0.2) is 43.5 Å². The summed E-state index contributed by atoms with van der Waals surface area (Å²) in [4.78, 5) is 3.96. The van der Waals surface area contributed by atoms with Gasteiger partial charge in [-0.25, -0.2) is 0 Å². The average Bonchev–Trinajstić information content (AvgIpc) is 3.39. The lowest BCUT2D eigenvalue weighted by Gasteiger charge is -2.29. The first-order valence-corrected chi connectivity index (χ1v) is 12.7. The lowest BCUT2D eigenvalue weighted by atomic mass is 10.1. The second-order valence-corrected chi connectivity index (χ2v) is 9.85. The fourth-order valence-electron chi connectivity index (χ4n) is 4.47. The topological polar surface area (TPSA) is 88.3 Å². The van der Waals surface area contributed by atoms with Crippen molar-refractivity contribution >= 4 is 33.6 Å². The Morgan fingerprint density at radius 1 is 1.05 bits per heavy atom. The number of nitrogens with zero attached hydrogens (tertiary/aromatic N) is 3. The minimum Gasteiger partial charge on any atom is -0.378 e. The number of ether oxygens (including phenoxy) is 1. The molecule has 7 nitrogen and oxygen atoms in total. The highest BCUT2D eigenvalue weighted by atomic mass is 32.1. The molecule has 37 heavy (non-hydrogen) atoms. The van der Waals surface area contributed by atoms with Crippen LogP contribution >= 0.6 is 11.3 Å². The lowest BCUT2D eigenvalue weighted by Crippen LogP contribution is -2.36. The number of alkyl halides is 3. The first-order chi connectivity index (χ1) is 17.8. The fraction of sp³-hybridized carbons (Fsp3) is 0.308. The molecule has 1 atom stereocenters. The van der Waals surface area contributed by atoms with Crippen LogP contribution in [0.15, 0.2) is 54.6 Å². The minimum atomic E-state index is -4.63. The molecule has 4 aromatic rings. The van der Waals surface area contributed by atoms with Gasteiger partial charge in [0, 0.05) is 45.8 Å². The molecule has 2 aromatic carbocycles. The molecule has 0 radical (unpaired) electrons. The summed E-state index contributed by atoms with van der Waals surface area (Å²) in [7, 11) is 1.90. The number of rotatable bonds is 7. The van der Waals surface area contributed by atoms with Crippen LogP contribution in [0.5, 0.6) is 0 Å². The highest BCUT2D eigenvalue weighted by Gasteiger charge is 2.36. The van der Waals surface area contributed by atoms with Crippen molar-refractivity contribution in [2.75, 3.05) is 43.6 Å². The summed E-state index contributed by atoms with van der Waals surface area (Å²) < 4.78 is 46.5. The summed E-state index contributed by atoms with van der Waals surface area (Å²) in [5, 5.41) is 14.0. The summed E-state index contributed by atoms with van der Waals surface area (Å²) in [6.45, 7) is 3.17. The number of hydrogen-bond acceptors (Lipinski definition) is 8. The van der Waals surface area contributed by atoms with Crippen LogP contribution in [0.1, 0.15) is 22.3 Å². The Balaban J connectivity index is 1.48. The van der Waals surface area contributed by atoms with Crippen LogP contribution in [0, 0.1) is 0 Å². The van der Waals surface area contributed by atoms with Crippen LogP contribution in [0.3, 0.4) is 0 Å². The molecule has 1 aliphatic rings. The Morgan fingerprint density at radius 3 is 2.59 bits per heavy atom. The molecule has 1 aliphatic heterocycles. The summed E-state index contributed by atoms with van der Waals surface area (Å²) >= 11 is 1.53. The average molecular weight is 529 g/mol. The molecule has 2 aromatic heterocycles. The number of thiophene rings is 1. The monoisotopic (exact) mass is 528 g/mol. The van der Waals surface area contributed by atoms with E-state index >= 15 is 0 Å².